The molecule has 0 amide bonds. The quantitative estimate of drug-likeness (QED) is 0.834. The van der Waals surface area contributed by atoms with Gasteiger partial charge < -0.3 is 10.2 Å². The number of hydrogen-bond donors (Lipinski definition) is 2. The molecule has 4 heteroatoms. The number of aromatic hydroxyl groups is 1. The molecule has 0 fully saturated rings. The number of aliphatic hydroxyl groups excluding tert-OH is 1. The maximum atomic E-state index is 9.46. The summed E-state index contributed by atoms with van der Waals surface area (Å²) in [7, 11) is 0. The van der Waals surface area contributed by atoms with Crippen LogP contribution < -0.4 is 0 Å². The van der Waals surface area contributed by atoms with Crippen molar-refractivity contribution < 1.29 is 10.2 Å². The second-order valence-electron chi connectivity index (χ2n) is 2.56. The van der Waals surface area contributed by atoms with Crippen LogP contribution in [0.3, 0.4) is 0 Å². The Morgan fingerprint density at radius 1 is 1.54 bits per heavy atom. The zero-order valence-electron chi connectivity index (χ0n) is 6.74. The minimum absolute atomic E-state index is 0.0159. The second kappa shape index (κ2) is 4.26. The zero-order chi connectivity index (χ0) is 9.84. The molecule has 1 atom stereocenters. The van der Waals surface area contributed by atoms with Gasteiger partial charge >= 0.3 is 0 Å². The molecule has 0 aliphatic rings. The van der Waals surface area contributed by atoms with E-state index < -0.39 is 6.10 Å². The van der Waals surface area contributed by atoms with Crippen LogP contribution in [0.4, 0.5) is 0 Å². The highest BCUT2D eigenvalue weighted by Gasteiger charge is 2.12. The fourth-order valence-electron chi connectivity index (χ4n) is 0.991. The molecule has 0 bridgehead atoms. The first-order chi connectivity index (χ1) is 6.16. The minimum atomic E-state index is -0.855. The van der Waals surface area contributed by atoms with Crippen LogP contribution >= 0.6 is 15.9 Å². The molecule has 2 N–H and O–H groups in total. The zero-order valence-corrected chi connectivity index (χ0v) is 8.32. The Labute approximate surface area is 84.4 Å². The van der Waals surface area contributed by atoms with Crippen LogP contribution in [0, 0.1) is 11.3 Å². The Kier molecular flexibility index (Phi) is 3.29. The highest BCUT2D eigenvalue weighted by molar-refractivity contribution is 9.10. The monoisotopic (exact) mass is 241 g/mol. The summed E-state index contributed by atoms with van der Waals surface area (Å²) in [5.74, 6) is 0.0643. The van der Waals surface area contributed by atoms with Crippen LogP contribution in [0.2, 0.25) is 0 Å². The molecule has 0 radical (unpaired) electrons. The fourth-order valence-corrected chi connectivity index (χ4v) is 1.52. The third kappa shape index (κ3) is 2.20. The first-order valence-electron chi connectivity index (χ1n) is 3.69. The number of benzene rings is 1. The van der Waals surface area contributed by atoms with Gasteiger partial charge in [-0.1, -0.05) is 12.1 Å². The number of aliphatic hydroxyl groups is 1. The predicted molar refractivity (Wildman–Crippen MR) is 51.0 cm³/mol. The van der Waals surface area contributed by atoms with Crippen LogP contribution in [-0.2, 0) is 0 Å². The number of nitrogens with zero attached hydrogens (tertiary/aromatic N) is 1. The molecule has 3 nitrogen and oxygen atoms in total. The molecule has 0 aliphatic carbocycles. The number of rotatable bonds is 2. The van der Waals surface area contributed by atoms with E-state index in [1.807, 2.05) is 6.07 Å². The molecule has 0 aliphatic heterocycles. The van der Waals surface area contributed by atoms with E-state index in [1.54, 1.807) is 12.1 Å². The maximum Gasteiger partial charge on any atom is 0.130 e. The summed E-state index contributed by atoms with van der Waals surface area (Å²) in [6.45, 7) is 0. The van der Waals surface area contributed by atoms with Gasteiger partial charge in [-0.25, -0.2) is 0 Å². The van der Waals surface area contributed by atoms with E-state index in [4.69, 9.17) is 5.26 Å². The number of nitriles is 1. The molecule has 1 aromatic rings. The molecular weight excluding hydrogens is 234 g/mol. The van der Waals surface area contributed by atoms with Crippen LogP contribution in [0.1, 0.15) is 18.1 Å². The highest BCUT2D eigenvalue weighted by atomic mass is 79.9. The first kappa shape index (κ1) is 10.0. The van der Waals surface area contributed by atoms with Crippen LogP contribution in [-0.4, -0.2) is 10.2 Å². The number of phenols is 1. The van der Waals surface area contributed by atoms with Crippen molar-refractivity contribution in [3.63, 3.8) is 0 Å². The lowest BCUT2D eigenvalue weighted by Crippen LogP contribution is -1.96. The highest BCUT2D eigenvalue weighted by Crippen LogP contribution is 2.32. The lowest BCUT2D eigenvalue weighted by atomic mass is 10.1. The molecule has 0 heterocycles. The van der Waals surface area contributed by atoms with Gasteiger partial charge in [-0.3, -0.25) is 0 Å². The normalized spacial score (nSPS) is 12.1. The van der Waals surface area contributed by atoms with E-state index in [0.717, 1.165) is 0 Å². The van der Waals surface area contributed by atoms with E-state index in [0.29, 0.717) is 10.0 Å². The summed E-state index contributed by atoms with van der Waals surface area (Å²) >= 11 is 3.13. The first-order valence-corrected chi connectivity index (χ1v) is 4.48. The third-order valence-corrected chi connectivity index (χ3v) is 2.52. The van der Waals surface area contributed by atoms with Gasteiger partial charge in [-0.05, 0) is 27.6 Å². The van der Waals surface area contributed by atoms with Gasteiger partial charge in [0.25, 0.3) is 0 Å². The third-order valence-electron chi connectivity index (χ3n) is 1.65. The molecule has 13 heavy (non-hydrogen) atoms. The van der Waals surface area contributed by atoms with E-state index in [9.17, 15) is 10.2 Å². The molecule has 0 spiro atoms. The summed E-state index contributed by atoms with van der Waals surface area (Å²) < 4.78 is 0.442. The Bertz CT molecular complexity index is 346. The van der Waals surface area contributed by atoms with Crippen molar-refractivity contribution in [3.8, 4) is 11.8 Å². The van der Waals surface area contributed by atoms with Crippen molar-refractivity contribution in [2.75, 3.05) is 0 Å². The van der Waals surface area contributed by atoms with E-state index >= 15 is 0 Å². The largest absolute Gasteiger partial charge is 0.507 e. The average Bonchev–Trinajstić information content (AvgIpc) is 2.10. The average molecular weight is 242 g/mol. The Morgan fingerprint density at radius 2 is 2.23 bits per heavy atom. The Morgan fingerprint density at radius 3 is 2.85 bits per heavy atom. The molecule has 68 valence electrons. The molecule has 1 aromatic carbocycles. The molecule has 0 aromatic heterocycles. The van der Waals surface area contributed by atoms with Crippen molar-refractivity contribution in [3.05, 3.63) is 28.2 Å². The SMILES string of the molecule is N#CCC(O)c1cccc(O)c1Br. The summed E-state index contributed by atoms with van der Waals surface area (Å²) in [6, 6.07) is 6.65. The molecular formula is C9H8BrNO2. The molecule has 0 saturated carbocycles. The van der Waals surface area contributed by atoms with Crippen molar-refractivity contribution in [1.82, 2.24) is 0 Å². The summed E-state index contributed by atoms with van der Waals surface area (Å²) in [5, 5.41) is 27.1. The maximum absolute atomic E-state index is 9.46. The van der Waals surface area contributed by atoms with E-state index in [-0.39, 0.29) is 12.2 Å². The van der Waals surface area contributed by atoms with Crippen molar-refractivity contribution in [2.45, 2.75) is 12.5 Å². The summed E-state index contributed by atoms with van der Waals surface area (Å²) in [5.41, 5.74) is 0.529. The molecule has 0 saturated heterocycles. The van der Waals surface area contributed by atoms with Gasteiger partial charge in [0.15, 0.2) is 0 Å². The van der Waals surface area contributed by atoms with Crippen LogP contribution in [0.25, 0.3) is 0 Å². The standard InChI is InChI=1S/C9H8BrNO2/c10-9-6(7(12)4-5-11)2-1-3-8(9)13/h1-3,7,12-13H,4H2. The molecule has 1 rings (SSSR count). The summed E-state index contributed by atoms with van der Waals surface area (Å²) in [4.78, 5) is 0. The Hall–Kier alpha value is -1.05. The lowest BCUT2D eigenvalue weighted by molar-refractivity contribution is 0.182. The van der Waals surface area contributed by atoms with Crippen LogP contribution in [0.15, 0.2) is 22.7 Å². The van der Waals surface area contributed by atoms with Gasteiger partial charge in [0.2, 0.25) is 0 Å². The number of halogens is 1. The minimum Gasteiger partial charge on any atom is -0.507 e. The number of phenolic OH excluding ortho intramolecular Hbond substituents is 1. The topological polar surface area (TPSA) is 64.2 Å². The van der Waals surface area contributed by atoms with E-state index in [2.05, 4.69) is 15.9 Å². The van der Waals surface area contributed by atoms with Gasteiger partial charge in [0, 0.05) is 0 Å². The van der Waals surface area contributed by atoms with Gasteiger partial charge in [-0.2, -0.15) is 5.26 Å². The van der Waals surface area contributed by atoms with Crippen molar-refractivity contribution in [2.24, 2.45) is 0 Å². The van der Waals surface area contributed by atoms with Crippen molar-refractivity contribution in [1.29, 1.82) is 5.26 Å². The van der Waals surface area contributed by atoms with Gasteiger partial charge in [-0.15, -0.1) is 0 Å². The van der Waals surface area contributed by atoms with Gasteiger partial charge in [0.05, 0.1) is 23.1 Å². The van der Waals surface area contributed by atoms with Gasteiger partial charge in [0.1, 0.15) is 5.75 Å². The molecule has 1 unspecified atom stereocenters. The number of hydrogen-bond acceptors (Lipinski definition) is 3. The van der Waals surface area contributed by atoms with Crippen molar-refractivity contribution >= 4 is 15.9 Å². The fraction of sp³-hybridized carbons (Fsp3) is 0.222. The Balaban J connectivity index is 3.02. The lowest BCUT2D eigenvalue weighted by Gasteiger charge is -2.09. The summed E-state index contributed by atoms with van der Waals surface area (Å²) in [6.07, 6.45) is -0.839. The smallest absolute Gasteiger partial charge is 0.130 e. The second-order valence-corrected chi connectivity index (χ2v) is 3.35. The van der Waals surface area contributed by atoms with Crippen LogP contribution in [0.5, 0.6) is 5.75 Å². The predicted octanol–water partition coefficient (Wildman–Crippen LogP) is 2.10. The van der Waals surface area contributed by atoms with E-state index in [1.165, 1.54) is 6.07 Å².